The van der Waals surface area contributed by atoms with E-state index in [0.717, 1.165) is 11.8 Å². The Hall–Kier alpha value is -1.58. The summed E-state index contributed by atoms with van der Waals surface area (Å²) < 4.78 is 10.7. The summed E-state index contributed by atoms with van der Waals surface area (Å²) in [6, 6.07) is -0.542. The molecule has 1 aliphatic heterocycles. The molecule has 1 saturated heterocycles. The van der Waals surface area contributed by atoms with E-state index in [0.29, 0.717) is 32.7 Å². The van der Waals surface area contributed by atoms with E-state index < -0.39 is 11.5 Å². The Kier molecular flexibility index (Phi) is 8.67. The van der Waals surface area contributed by atoms with Gasteiger partial charge in [0.1, 0.15) is 0 Å². The van der Waals surface area contributed by atoms with E-state index in [-0.39, 0.29) is 23.0 Å². The van der Waals surface area contributed by atoms with E-state index in [9.17, 15) is 14.4 Å². The van der Waals surface area contributed by atoms with Crippen LogP contribution in [-0.2, 0) is 19.1 Å². The zero-order chi connectivity index (χ0) is 17.2. The lowest BCUT2D eigenvalue weighted by atomic mass is 10.1. The fraction of sp³-hybridized carbons (Fsp3) is 0.643. The van der Waals surface area contributed by atoms with E-state index in [2.05, 4.69) is 17.2 Å². The van der Waals surface area contributed by atoms with Crippen LogP contribution in [0.25, 0.3) is 0 Å². The molecular weight excluding hydrogens is 322 g/mol. The first-order valence-electron chi connectivity index (χ1n) is 7.27. The summed E-state index contributed by atoms with van der Waals surface area (Å²) in [4.78, 5) is 33.6. The molecule has 0 aromatic carbocycles. The molecule has 23 heavy (non-hydrogen) atoms. The minimum atomic E-state index is -0.657. The van der Waals surface area contributed by atoms with Gasteiger partial charge in [-0.15, -0.1) is 0 Å². The van der Waals surface area contributed by atoms with Crippen molar-refractivity contribution >= 4 is 28.9 Å². The number of hydrogen-bond acceptors (Lipinski definition) is 7. The zero-order valence-corrected chi connectivity index (χ0v) is 13.9. The van der Waals surface area contributed by atoms with Crippen molar-refractivity contribution < 1.29 is 23.9 Å². The summed E-state index contributed by atoms with van der Waals surface area (Å²) >= 11 is 0.919. The Labute approximate surface area is 139 Å². The lowest BCUT2D eigenvalue weighted by Gasteiger charge is -2.15. The van der Waals surface area contributed by atoms with Crippen LogP contribution >= 0.6 is 11.8 Å². The molecule has 1 unspecified atom stereocenters. The molecule has 1 aliphatic rings. The number of carbonyl (C=O) groups is 3. The lowest BCUT2D eigenvalue weighted by Crippen LogP contribution is -2.33. The first-order valence-corrected chi connectivity index (χ1v) is 8.15. The Morgan fingerprint density at radius 1 is 1.52 bits per heavy atom. The molecule has 2 amide bonds. The largest absolute Gasteiger partial charge is 0.446 e. The van der Waals surface area contributed by atoms with Crippen LogP contribution in [0.15, 0.2) is 12.7 Å². The van der Waals surface area contributed by atoms with Crippen molar-refractivity contribution in [2.45, 2.75) is 24.8 Å². The SMILES string of the molecule is C=CC(OC(=O)[C@@H]1CN[C@H](COCCNC(N)=O)C1)SC(C)=O. The molecule has 8 nitrogen and oxygen atoms in total. The topological polar surface area (TPSA) is 120 Å². The molecule has 0 bridgehead atoms. The summed E-state index contributed by atoms with van der Waals surface area (Å²) in [7, 11) is 0. The molecule has 0 aromatic heterocycles. The minimum Gasteiger partial charge on any atom is -0.446 e. The standard InChI is InChI=1S/C14H23N3O5S/c1-3-12(23-9(2)18)22-13(19)10-6-11(17-7-10)8-21-5-4-16-14(15)20/h3,10-12,17H,1,4-8H2,2H3,(H3,15,16,20)/t10-,11-,12?/m0/s1. The Morgan fingerprint density at radius 2 is 2.26 bits per heavy atom. The smallest absolute Gasteiger partial charge is 0.312 e. The molecule has 4 N–H and O–H groups in total. The molecule has 1 heterocycles. The van der Waals surface area contributed by atoms with Gasteiger partial charge in [0, 0.05) is 26.1 Å². The van der Waals surface area contributed by atoms with Gasteiger partial charge in [-0.3, -0.25) is 9.59 Å². The predicted octanol–water partition coefficient (Wildman–Crippen LogP) is -0.0156. The van der Waals surface area contributed by atoms with Gasteiger partial charge in [-0.1, -0.05) is 6.58 Å². The number of nitrogens with two attached hydrogens (primary N) is 1. The third kappa shape index (κ3) is 8.00. The minimum absolute atomic E-state index is 0.0452. The van der Waals surface area contributed by atoms with Crippen LogP contribution in [0, 0.1) is 5.92 Å². The average molecular weight is 345 g/mol. The number of nitrogens with one attached hydrogen (secondary N) is 2. The summed E-state index contributed by atoms with van der Waals surface area (Å²) in [6.07, 6.45) is 2.02. The van der Waals surface area contributed by atoms with E-state index >= 15 is 0 Å². The fourth-order valence-corrected chi connectivity index (χ4v) is 2.66. The normalized spacial score (nSPS) is 21.4. The van der Waals surface area contributed by atoms with Crippen LogP contribution in [0.2, 0.25) is 0 Å². The van der Waals surface area contributed by atoms with Crippen LogP contribution in [0.3, 0.4) is 0 Å². The third-order valence-corrected chi connectivity index (χ3v) is 3.98. The van der Waals surface area contributed by atoms with Crippen LogP contribution in [0.4, 0.5) is 4.79 Å². The molecule has 0 radical (unpaired) electrons. The second kappa shape index (κ2) is 10.2. The van der Waals surface area contributed by atoms with E-state index in [1.807, 2.05) is 0 Å². The average Bonchev–Trinajstić information content (AvgIpc) is 2.94. The van der Waals surface area contributed by atoms with E-state index in [1.54, 1.807) is 0 Å². The van der Waals surface area contributed by atoms with Gasteiger partial charge < -0.3 is 25.8 Å². The molecule has 130 valence electrons. The molecular formula is C14H23N3O5S. The van der Waals surface area contributed by atoms with Crippen molar-refractivity contribution in [1.29, 1.82) is 0 Å². The second-order valence-electron chi connectivity index (χ2n) is 5.05. The quantitative estimate of drug-likeness (QED) is 0.232. The summed E-state index contributed by atoms with van der Waals surface area (Å²) in [6.45, 7) is 6.59. The number of thioether (sulfide) groups is 1. The molecule has 1 fully saturated rings. The van der Waals surface area contributed by atoms with Crippen molar-refractivity contribution in [3.8, 4) is 0 Å². The highest BCUT2D eigenvalue weighted by molar-refractivity contribution is 8.14. The number of esters is 1. The van der Waals surface area contributed by atoms with Crippen LogP contribution in [0.1, 0.15) is 13.3 Å². The third-order valence-electron chi connectivity index (χ3n) is 3.13. The van der Waals surface area contributed by atoms with Crippen LogP contribution in [0.5, 0.6) is 0 Å². The number of amides is 2. The molecule has 0 aromatic rings. The number of primary amides is 1. The van der Waals surface area contributed by atoms with Gasteiger partial charge in [-0.05, 0) is 24.3 Å². The van der Waals surface area contributed by atoms with Crippen molar-refractivity contribution in [1.82, 2.24) is 10.6 Å². The highest BCUT2D eigenvalue weighted by Gasteiger charge is 2.32. The van der Waals surface area contributed by atoms with Gasteiger partial charge in [0.05, 0.1) is 19.1 Å². The van der Waals surface area contributed by atoms with Gasteiger partial charge in [0.25, 0.3) is 0 Å². The van der Waals surface area contributed by atoms with E-state index in [1.165, 1.54) is 13.0 Å². The molecule has 9 heteroatoms. The highest BCUT2D eigenvalue weighted by Crippen LogP contribution is 2.20. The maximum atomic E-state index is 12.1. The number of carbonyl (C=O) groups excluding carboxylic acids is 3. The van der Waals surface area contributed by atoms with Gasteiger partial charge in [0.2, 0.25) is 0 Å². The maximum absolute atomic E-state index is 12.1. The molecule has 0 aliphatic carbocycles. The molecule has 0 spiro atoms. The van der Waals surface area contributed by atoms with Crippen molar-refractivity contribution in [3.05, 3.63) is 12.7 Å². The first kappa shape index (κ1) is 19.5. The Bertz CT molecular complexity index is 446. The van der Waals surface area contributed by atoms with E-state index in [4.69, 9.17) is 15.2 Å². The van der Waals surface area contributed by atoms with Crippen molar-refractivity contribution in [3.63, 3.8) is 0 Å². The highest BCUT2D eigenvalue weighted by atomic mass is 32.2. The molecule has 3 atom stereocenters. The summed E-state index contributed by atoms with van der Waals surface area (Å²) in [5.74, 6) is -0.628. The van der Waals surface area contributed by atoms with Crippen molar-refractivity contribution in [2.24, 2.45) is 11.7 Å². The second-order valence-corrected chi connectivity index (χ2v) is 6.33. The maximum Gasteiger partial charge on any atom is 0.312 e. The fourth-order valence-electron chi connectivity index (χ4n) is 2.09. The van der Waals surface area contributed by atoms with Gasteiger partial charge >= 0.3 is 12.0 Å². The number of ether oxygens (including phenoxy) is 2. The predicted molar refractivity (Wildman–Crippen MR) is 86.7 cm³/mol. The Balaban J connectivity index is 2.24. The van der Waals surface area contributed by atoms with Crippen molar-refractivity contribution in [2.75, 3.05) is 26.3 Å². The monoisotopic (exact) mass is 345 g/mol. The lowest BCUT2D eigenvalue weighted by molar-refractivity contribution is -0.147. The Morgan fingerprint density at radius 3 is 2.87 bits per heavy atom. The van der Waals surface area contributed by atoms with Crippen LogP contribution in [-0.4, -0.2) is 54.9 Å². The number of urea groups is 1. The van der Waals surface area contributed by atoms with Gasteiger partial charge in [-0.2, -0.15) is 0 Å². The number of rotatable bonds is 9. The van der Waals surface area contributed by atoms with Crippen LogP contribution < -0.4 is 16.4 Å². The zero-order valence-electron chi connectivity index (χ0n) is 13.1. The molecule has 1 rings (SSSR count). The first-order chi connectivity index (χ1) is 10.9. The summed E-state index contributed by atoms with van der Waals surface area (Å²) in [5.41, 5.74) is 4.27. The van der Waals surface area contributed by atoms with Gasteiger partial charge in [-0.25, -0.2) is 4.79 Å². The summed E-state index contributed by atoms with van der Waals surface area (Å²) in [5, 5.41) is 5.47. The molecule has 0 saturated carbocycles. The van der Waals surface area contributed by atoms with Gasteiger partial charge in [0.15, 0.2) is 10.6 Å². The number of hydrogen-bond donors (Lipinski definition) is 3.